The topological polar surface area (TPSA) is 38.3 Å². The fourth-order valence-electron chi connectivity index (χ4n) is 2.16. The molecule has 3 nitrogen and oxygen atoms in total. The van der Waals surface area contributed by atoms with Crippen molar-refractivity contribution in [2.75, 3.05) is 7.11 Å². The van der Waals surface area contributed by atoms with Gasteiger partial charge in [0.25, 0.3) is 0 Å². The predicted octanol–water partition coefficient (Wildman–Crippen LogP) is 2.82. The molecule has 1 rings (SSSR count). The molecule has 0 aliphatic carbocycles. The number of carbonyl (C=O) groups is 1. The molecule has 0 saturated heterocycles. The van der Waals surface area contributed by atoms with E-state index in [0.29, 0.717) is 0 Å². The monoisotopic (exact) mass is 249 g/mol. The van der Waals surface area contributed by atoms with Gasteiger partial charge in [-0.3, -0.25) is 10.1 Å². The Balaban J connectivity index is 2.87. The second kappa shape index (κ2) is 6.01. The normalized spacial score (nSPS) is 14.1. The first-order chi connectivity index (χ1) is 8.36. The van der Waals surface area contributed by atoms with Crippen molar-refractivity contribution in [1.29, 1.82) is 0 Å². The first-order valence-corrected chi connectivity index (χ1v) is 6.28. The summed E-state index contributed by atoms with van der Waals surface area (Å²) in [5, 5.41) is 3.26. The molecule has 0 heterocycles. The molecular formula is C15H23NO2. The molecule has 3 heteroatoms. The van der Waals surface area contributed by atoms with Crippen LogP contribution in [0.15, 0.2) is 12.1 Å². The van der Waals surface area contributed by atoms with Crippen molar-refractivity contribution in [3.63, 3.8) is 0 Å². The minimum absolute atomic E-state index is 0.124. The van der Waals surface area contributed by atoms with Crippen molar-refractivity contribution < 1.29 is 9.53 Å². The van der Waals surface area contributed by atoms with E-state index in [1.54, 1.807) is 0 Å². The molecule has 0 spiro atoms. The van der Waals surface area contributed by atoms with Crippen LogP contribution in [-0.4, -0.2) is 19.1 Å². The van der Waals surface area contributed by atoms with Crippen molar-refractivity contribution in [2.45, 2.75) is 46.7 Å². The van der Waals surface area contributed by atoms with Crippen molar-refractivity contribution in [2.24, 2.45) is 0 Å². The number of nitrogens with one attached hydrogen (secondary N) is 1. The lowest BCUT2D eigenvalue weighted by molar-refractivity contribution is -0.142. The van der Waals surface area contributed by atoms with E-state index in [-0.39, 0.29) is 18.1 Å². The minimum atomic E-state index is -0.300. The van der Waals surface area contributed by atoms with E-state index in [4.69, 9.17) is 4.74 Å². The van der Waals surface area contributed by atoms with Crippen LogP contribution in [0.2, 0.25) is 0 Å². The quantitative estimate of drug-likeness (QED) is 0.834. The summed E-state index contributed by atoms with van der Waals surface area (Å²) < 4.78 is 4.72. The molecule has 1 aromatic rings. The van der Waals surface area contributed by atoms with E-state index in [2.05, 4.69) is 45.1 Å². The number of rotatable bonds is 4. The largest absolute Gasteiger partial charge is 0.468 e. The number of methoxy groups -OCH3 is 1. The fraction of sp³-hybridized carbons (Fsp3) is 0.533. The van der Waals surface area contributed by atoms with Gasteiger partial charge in [-0.2, -0.15) is 0 Å². The average molecular weight is 249 g/mol. The van der Waals surface area contributed by atoms with Gasteiger partial charge in [0.2, 0.25) is 0 Å². The zero-order valence-corrected chi connectivity index (χ0v) is 12.1. The summed E-state index contributed by atoms with van der Waals surface area (Å²) in [5.41, 5.74) is 5.04. The molecule has 0 bridgehead atoms. The Bertz CT molecular complexity index is 440. The summed E-state index contributed by atoms with van der Waals surface area (Å²) in [4.78, 5) is 11.4. The molecule has 0 aliphatic rings. The summed E-state index contributed by atoms with van der Waals surface area (Å²) >= 11 is 0. The van der Waals surface area contributed by atoms with Crippen molar-refractivity contribution in [3.05, 3.63) is 34.4 Å². The highest BCUT2D eigenvalue weighted by molar-refractivity contribution is 5.75. The summed E-state index contributed by atoms with van der Waals surface area (Å²) in [6, 6.07) is 4.20. The van der Waals surface area contributed by atoms with E-state index in [9.17, 15) is 4.79 Å². The van der Waals surface area contributed by atoms with Gasteiger partial charge in [0, 0.05) is 6.04 Å². The van der Waals surface area contributed by atoms with Gasteiger partial charge in [0.1, 0.15) is 6.04 Å². The highest BCUT2D eigenvalue weighted by Crippen LogP contribution is 2.22. The van der Waals surface area contributed by atoms with Gasteiger partial charge in [-0.05, 0) is 56.9 Å². The molecule has 0 aliphatic heterocycles. The van der Waals surface area contributed by atoms with E-state index < -0.39 is 0 Å². The van der Waals surface area contributed by atoms with Crippen LogP contribution < -0.4 is 5.32 Å². The molecule has 2 atom stereocenters. The molecule has 0 aromatic heterocycles. The standard InChI is InChI=1S/C15H23NO2/c1-9-7-11(3)14(8-10(9)2)12(4)16-13(5)15(17)18-6/h7-8,12-13,16H,1-6H3. The summed E-state index contributed by atoms with van der Waals surface area (Å²) in [6.07, 6.45) is 0. The minimum Gasteiger partial charge on any atom is -0.468 e. The van der Waals surface area contributed by atoms with E-state index >= 15 is 0 Å². The van der Waals surface area contributed by atoms with Gasteiger partial charge >= 0.3 is 5.97 Å². The summed E-state index contributed by atoms with van der Waals surface area (Å²) in [5.74, 6) is -0.233. The lowest BCUT2D eigenvalue weighted by Crippen LogP contribution is -2.36. The number of aryl methyl sites for hydroxylation is 3. The molecule has 2 unspecified atom stereocenters. The maximum atomic E-state index is 11.4. The summed E-state index contributed by atoms with van der Waals surface area (Å²) in [7, 11) is 1.41. The number of hydrogen-bond acceptors (Lipinski definition) is 3. The smallest absolute Gasteiger partial charge is 0.322 e. The second-order valence-corrected chi connectivity index (χ2v) is 4.93. The van der Waals surface area contributed by atoms with Crippen LogP contribution in [-0.2, 0) is 9.53 Å². The van der Waals surface area contributed by atoms with Gasteiger partial charge in [-0.25, -0.2) is 0 Å². The van der Waals surface area contributed by atoms with Crippen molar-refractivity contribution in [1.82, 2.24) is 5.32 Å². The van der Waals surface area contributed by atoms with E-state index in [1.807, 2.05) is 6.92 Å². The summed E-state index contributed by atoms with van der Waals surface area (Å²) in [6.45, 7) is 10.2. The van der Waals surface area contributed by atoms with Crippen LogP contribution in [0.3, 0.4) is 0 Å². The fourth-order valence-corrected chi connectivity index (χ4v) is 2.16. The zero-order valence-electron chi connectivity index (χ0n) is 12.1. The maximum absolute atomic E-state index is 11.4. The molecule has 18 heavy (non-hydrogen) atoms. The lowest BCUT2D eigenvalue weighted by Gasteiger charge is -2.21. The Morgan fingerprint density at radius 2 is 1.67 bits per heavy atom. The highest BCUT2D eigenvalue weighted by atomic mass is 16.5. The number of benzene rings is 1. The molecule has 0 amide bonds. The Kier molecular flexibility index (Phi) is 4.91. The SMILES string of the molecule is COC(=O)C(C)NC(C)c1cc(C)c(C)cc1C. The Morgan fingerprint density at radius 1 is 1.11 bits per heavy atom. The van der Waals surface area contributed by atoms with Gasteiger partial charge in [-0.15, -0.1) is 0 Å². The molecule has 0 fully saturated rings. The third-order valence-electron chi connectivity index (χ3n) is 3.40. The lowest BCUT2D eigenvalue weighted by atomic mass is 9.96. The van der Waals surface area contributed by atoms with Crippen LogP contribution in [0.5, 0.6) is 0 Å². The number of esters is 1. The van der Waals surface area contributed by atoms with Crippen LogP contribution in [0.25, 0.3) is 0 Å². The molecule has 0 radical (unpaired) electrons. The highest BCUT2D eigenvalue weighted by Gasteiger charge is 2.17. The van der Waals surface area contributed by atoms with Crippen LogP contribution in [0.1, 0.15) is 42.1 Å². The third kappa shape index (κ3) is 3.33. The zero-order chi connectivity index (χ0) is 13.9. The van der Waals surface area contributed by atoms with Crippen LogP contribution in [0, 0.1) is 20.8 Å². The molecule has 1 N–H and O–H groups in total. The molecule has 1 aromatic carbocycles. The molecular weight excluding hydrogens is 226 g/mol. The molecule has 0 saturated carbocycles. The average Bonchev–Trinajstić information content (AvgIpc) is 2.32. The van der Waals surface area contributed by atoms with Gasteiger partial charge in [0.15, 0.2) is 0 Å². The second-order valence-electron chi connectivity index (χ2n) is 4.93. The molecule has 100 valence electrons. The number of ether oxygens (including phenoxy) is 1. The van der Waals surface area contributed by atoms with Crippen LogP contribution in [0.4, 0.5) is 0 Å². The number of hydrogen-bond donors (Lipinski definition) is 1. The van der Waals surface area contributed by atoms with E-state index in [0.717, 1.165) is 0 Å². The predicted molar refractivity (Wildman–Crippen MR) is 73.7 cm³/mol. The van der Waals surface area contributed by atoms with Crippen molar-refractivity contribution >= 4 is 5.97 Å². The first-order valence-electron chi connectivity index (χ1n) is 6.28. The van der Waals surface area contributed by atoms with E-state index in [1.165, 1.54) is 29.4 Å². The van der Waals surface area contributed by atoms with Crippen LogP contribution >= 0.6 is 0 Å². The third-order valence-corrected chi connectivity index (χ3v) is 3.40. The number of carbonyl (C=O) groups excluding carboxylic acids is 1. The Hall–Kier alpha value is -1.35. The van der Waals surface area contributed by atoms with Gasteiger partial charge in [0.05, 0.1) is 7.11 Å². The Labute approximate surface area is 110 Å². The maximum Gasteiger partial charge on any atom is 0.322 e. The van der Waals surface area contributed by atoms with Gasteiger partial charge < -0.3 is 4.74 Å². The Morgan fingerprint density at radius 3 is 2.22 bits per heavy atom. The first kappa shape index (κ1) is 14.7. The van der Waals surface area contributed by atoms with Gasteiger partial charge in [-0.1, -0.05) is 12.1 Å². The van der Waals surface area contributed by atoms with Crippen molar-refractivity contribution in [3.8, 4) is 0 Å².